The van der Waals surface area contributed by atoms with Crippen molar-refractivity contribution in [3.8, 4) is 23.0 Å². The molecule has 0 fully saturated rings. The molecule has 15 nitrogen and oxygen atoms in total. The Balaban J connectivity index is 0.946. The van der Waals surface area contributed by atoms with E-state index >= 15 is 0 Å². The summed E-state index contributed by atoms with van der Waals surface area (Å²) in [7, 11) is 0. The van der Waals surface area contributed by atoms with E-state index in [2.05, 4.69) is 5.32 Å². The van der Waals surface area contributed by atoms with Crippen LogP contribution in [0.3, 0.4) is 0 Å². The van der Waals surface area contributed by atoms with Crippen LogP contribution in [0.2, 0.25) is 0 Å². The lowest BCUT2D eigenvalue weighted by atomic mass is 10.2. The zero-order valence-electron chi connectivity index (χ0n) is 30.8. The van der Waals surface area contributed by atoms with Crippen LogP contribution in [0, 0.1) is 10.8 Å². The Morgan fingerprint density at radius 2 is 0.893 bits per heavy atom. The van der Waals surface area contributed by atoms with Gasteiger partial charge in [0.15, 0.2) is 0 Å². The number of ether oxygens (including phenoxy) is 6. The Bertz CT molecular complexity index is 1780. The average molecular weight is 768 g/mol. The monoisotopic (exact) mass is 767 g/mol. The van der Waals surface area contributed by atoms with E-state index in [-0.39, 0.29) is 49.4 Å². The van der Waals surface area contributed by atoms with Crippen LogP contribution in [0.25, 0.3) is 0 Å². The topological polar surface area (TPSA) is 235 Å². The minimum Gasteiger partial charge on any atom is -0.493 e. The number of amides is 1. The summed E-state index contributed by atoms with van der Waals surface area (Å²) in [6.07, 6.45) is 1.31. The number of Topliss-reactive ketones (excluding diaryl/α,β-unsaturated/α-hetero) is 1. The van der Waals surface area contributed by atoms with Crippen LogP contribution in [0.1, 0.15) is 57.5 Å². The van der Waals surface area contributed by atoms with E-state index < -0.39 is 11.9 Å². The van der Waals surface area contributed by atoms with Gasteiger partial charge in [-0.25, -0.2) is 9.59 Å². The van der Waals surface area contributed by atoms with Gasteiger partial charge in [0, 0.05) is 37.1 Å². The molecule has 4 aromatic carbocycles. The first-order valence-electron chi connectivity index (χ1n) is 17.8. The van der Waals surface area contributed by atoms with Gasteiger partial charge in [-0.05, 0) is 103 Å². The summed E-state index contributed by atoms with van der Waals surface area (Å²) < 4.78 is 32.9. The highest BCUT2D eigenvalue weighted by molar-refractivity contribution is 5.96. The second-order valence-electron chi connectivity index (χ2n) is 12.1. The number of rotatable bonds is 24. The summed E-state index contributed by atoms with van der Waals surface area (Å²) in [5.41, 5.74) is 12.6. The zero-order chi connectivity index (χ0) is 40.1. The average Bonchev–Trinajstić information content (AvgIpc) is 3.19. The maximum atomic E-state index is 12.4. The quantitative estimate of drug-likeness (QED) is 0.0219. The van der Waals surface area contributed by atoms with Crippen LogP contribution in [0.4, 0.5) is 0 Å². The number of carbonyl (C=O) groups excluding carboxylic acids is 4. The normalized spacial score (nSPS) is 10.6. The molecule has 0 aliphatic heterocycles. The van der Waals surface area contributed by atoms with Crippen molar-refractivity contribution in [1.82, 2.24) is 5.32 Å². The number of esters is 2. The van der Waals surface area contributed by atoms with E-state index in [0.29, 0.717) is 91.1 Å². The molecular weight excluding hydrogens is 722 g/mol. The molecule has 0 aromatic heterocycles. The van der Waals surface area contributed by atoms with Gasteiger partial charge in [0.1, 0.15) is 40.5 Å². The highest BCUT2D eigenvalue weighted by Crippen LogP contribution is 2.19. The van der Waals surface area contributed by atoms with Crippen molar-refractivity contribution in [3.63, 3.8) is 0 Å². The molecular formula is C41H45N5O10. The van der Waals surface area contributed by atoms with Crippen LogP contribution in [-0.2, 0) is 19.1 Å². The third kappa shape index (κ3) is 15.0. The first-order valence-corrected chi connectivity index (χ1v) is 17.8. The van der Waals surface area contributed by atoms with Gasteiger partial charge in [0.25, 0.3) is 0 Å². The minimum absolute atomic E-state index is 0.0492. The van der Waals surface area contributed by atoms with Crippen LogP contribution in [-0.4, -0.2) is 81.5 Å². The Kier molecular flexibility index (Phi) is 17.0. The summed E-state index contributed by atoms with van der Waals surface area (Å²) >= 11 is 0. The molecule has 0 saturated carbocycles. The number of nitrogens with two attached hydrogens (primary N) is 2. The predicted octanol–water partition coefficient (Wildman–Crippen LogP) is 4.43. The van der Waals surface area contributed by atoms with Crippen molar-refractivity contribution in [3.05, 3.63) is 119 Å². The Morgan fingerprint density at radius 1 is 0.482 bits per heavy atom. The van der Waals surface area contributed by atoms with E-state index in [4.69, 9.17) is 50.7 Å². The first-order chi connectivity index (χ1) is 27.1. The lowest BCUT2D eigenvalue weighted by Crippen LogP contribution is -2.28. The van der Waals surface area contributed by atoms with Gasteiger partial charge in [-0.3, -0.25) is 20.4 Å². The smallest absolute Gasteiger partial charge is 0.343 e. The van der Waals surface area contributed by atoms with Crippen LogP contribution >= 0.6 is 0 Å². The maximum absolute atomic E-state index is 12.4. The molecule has 0 unspecified atom stereocenters. The Labute approximate surface area is 324 Å². The van der Waals surface area contributed by atoms with Crippen molar-refractivity contribution < 1.29 is 47.6 Å². The SMILES string of the molecule is N=C(N)c1ccc(OC(=O)c2ccc(OCCC(=O)CCCOCCOCCNC(=O)CCOc3ccc(C(=O)Oc4ccc(C(=N)N)cc4)cc3)cc2)cc1. The van der Waals surface area contributed by atoms with Crippen LogP contribution < -0.4 is 35.7 Å². The summed E-state index contributed by atoms with van der Waals surface area (Å²) in [5, 5.41) is 17.6. The fourth-order valence-electron chi connectivity index (χ4n) is 4.83. The van der Waals surface area contributed by atoms with E-state index in [0.717, 1.165) is 0 Å². The van der Waals surface area contributed by atoms with E-state index in [1.54, 1.807) is 97.1 Å². The molecule has 0 aliphatic rings. The molecule has 7 N–H and O–H groups in total. The number of hydrogen-bond donors (Lipinski definition) is 5. The second-order valence-corrected chi connectivity index (χ2v) is 12.1. The maximum Gasteiger partial charge on any atom is 0.343 e. The summed E-state index contributed by atoms with van der Waals surface area (Å²) in [6.45, 7) is 2.13. The number of hydrogen-bond acceptors (Lipinski definition) is 12. The van der Waals surface area contributed by atoms with E-state index in [1.165, 1.54) is 0 Å². The molecule has 0 atom stereocenters. The van der Waals surface area contributed by atoms with Gasteiger partial charge >= 0.3 is 11.9 Å². The highest BCUT2D eigenvalue weighted by atomic mass is 16.5. The number of carbonyl (C=O) groups is 4. The van der Waals surface area contributed by atoms with Gasteiger partial charge in [0.05, 0.1) is 50.6 Å². The molecule has 15 heteroatoms. The number of benzene rings is 4. The molecule has 56 heavy (non-hydrogen) atoms. The number of amidine groups is 2. The largest absolute Gasteiger partial charge is 0.493 e. The van der Waals surface area contributed by atoms with Crippen LogP contribution in [0.15, 0.2) is 97.1 Å². The third-order valence-corrected chi connectivity index (χ3v) is 7.86. The zero-order valence-corrected chi connectivity index (χ0v) is 30.8. The lowest BCUT2D eigenvalue weighted by Gasteiger charge is -2.09. The molecule has 0 aliphatic carbocycles. The molecule has 0 spiro atoms. The number of nitrogen functional groups attached to an aromatic ring is 2. The lowest BCUT2D eigenvalue weighted by molar-refractivity contribution is -0.122. The van der Waals surface area contributed by atoms with Crippen molar-refractivity contribution in [1.29, 1.82) is 10.8 Å². The Morgan fingerprint density at radius 3 is 1.36 bits per heavy atom. The van der Waals surface area contributed by atoms with Gasteiger partial charge in [-0.15, -0.1) is 0 Å². The molecule has 0 radical (unpaired) electrons. The number of nitrogens with one attached hydrogen (secondary N) is 3. The summed E-state index contributed by atoms with van der Waals surface area (Å²) in [6, 6.07) is 25.4. The summed E-state index contributed by atoms with van der Waals surface area (Å²) in [5.74, 6) is 0.300. The molecule has 4 rings (SSSR count). The summed E-state index contributed by atoms with van der Waals surface area (Å²) in [4.78, 5) is 49.1. The molecule has 0 bridgehead atoms. The van der Waals surface area contributed by atoms with Crippen molar-refractivity contribution >= 4 is 35.3 Å². The van der Waals surface area contributed by atoms with E-state index in [9.17, 15) is 19.2 Å². The molecule has 0 heterocycles. The molecule has 4 aromatic rings. The fourth-order valence-corrected chi connectivity index (χ4v) is 4.83. The minimum atomic E-state index is -0.548. The molecule has 1 amide bonds. The molecule has 294 valence electrons. The second kappa shape index (κ2) is 22.6. The Hall–Kier alpha value is -6.58. The number of ketones is 1. The van der Waals surface area contributed by atoms with Gasteiger partial charge in [-0.1, -0.05) is 0 Å². The van der Waals surface area contributed by atoms with Crippen molar-refractivity contribution in [2.24, 2.45) is 11.5 Å². The first kappa shape index (κ1) is 42.2. The standard InChI is InChI=1S/C41H45N5O10/c42-38(43)28-3-15-35(16-4-28)55-40(49)30-7-11-33(12-8-30)53-23-19-32(47)2-1-22-51-26-27-52-25-21-46-37(48)20-24-54-34-13-9-31(10-14-34)41(50)56-36-17-5-29(6-18-36)39(44)45/h3-18H,1-2,19-27H2,(H3,42,43)(H3,44,45)(H,46,48). The van der Waals surface area contributed by atoms with Gasteiger partial charge in [0.2, 0.25) is 5.91 Å². The predicted molar refractivity (Wildman–Crippen MR) is 207 cm³/mol. The van der Waals surface area contributed by atoms with E-state index in [1.807, 2.05) is 0 Å². The van der Waals surface area contributed by atoms with Gasteiger partial charge < -0.3 is 45.2 Å². The molecule has 0 saturated heterocycles. The third-order valence-electron chi connectivity index (χ3n) is 7.86. The van der Waals surface area contributed by atoms with Crippen molar-refractivity contribution in [2.45, 2.75) is 25.7 Å². The highest BCUT2D eigenvalue weighted by Gasteiger charge is 2.12. The van der Waals surface area contributed by atoms with Gasteiger partial charge in [-0.2, -0.15) is 0 Å². The van der Waals surface area contributed by atoms with Crippen molar-refractivity contribution in [2.75, 3.05) is 46.2 Å². The van der Waals surface area contributed by atoms with Crippen LogP contribution in [0.5, 0.6) is 23.0 Å². The fraction of sp³-hybridized carbons (Fsp3) is 0.268.